The van der Waals surface area contributed by atoms with Gasteiger partial charge in [-0.15, -0.1) is 0 Å². The van der Waals surface area contributed by atoms with E-state index >= 15 is 0 Å². The van der Waals surface area contributed by atoms with E-state index in [1.807, 2.05) is 18.2 Å². The van der Waals surface area contributed by atoms with Crippen LogP contribution in [0.25, 0.3) is 10.2 Å². The summed E-state index contributed by atoms with van der Waals surface area (Å²) in [5, 5.41) is 0.775. The Morgan fingerprint density at radius 1 is 1.50 bits per heavy atom. The van der Waals surface area contributed by atoms with Crippen molar-refractivity contribution in [2.75, 3.05) is 0 Å². The number of H-pyrrole nitrogens is 1. The molecule has 62 valence electrons. The van der Waals surface area contributed by atoms with Gasteiger partial charge in [0.25, 0.3) is 0 Å². The summed E-state index contributed by atoms with van der Waals surface area (Å²) < 4.78 is 1.02. The van der Waals surface area contributed by atoms with Gasteiger partial charge in [0.05, 0.1) is 10.2 Å². The van der Waals surface area contributed by atoms with E-state index in [4.69, 9.17) is 0 Å². The lowest BCUT2D eigenvalue weighted by atomic mass is 10.2. The molecule has 0 aliphatic rings. The maximum absolute atomic E-state index is 11.0. The first kappa shape index (κ1) is 8.01. The van der Waals surface area contributed by atoms with E-state index in [2.05, 4.69) is 20.9 Å². The minimum Gasteiger partial charge on any atom is -0.312 e. The van der Waals surface area contributed by atoms with Gasteiger partial charge in [0.15, 0.2) is 0 Å². The summed E-state index contributed by atoms with van der Waals surface area (Å²) >= 11 is 4.62. The van der Waals surface area contributed by atoms with E-state index in [1.54, 1.807) is 0 Å². The number of alkyl halides is 1. The van der Waals surface area contributed by atoms with Gasteiger partial charge < -0.3 is 4.98 Å². The van der Waals surface area contributed by atoms with Crippen LogP contribution < -0.4 is 4.87 Å². The topological polar surface area (TPSA) is 32.9 Å². The van der Waals surface area contributed by atoms with Crippen molar-refractivity contribution in [3.63, 3.8) is 0 Å². The molecule has 0 aliphatic carbocycles. The van der Waals surface area contributed by atoms with Crippen molar-refractivity contribution in [3.8, 4) is 0 Å². The first-order valence-corrected chi connectivity index (χ1v) is 5.42. The molecule has 1 aromatic carbocycles. The highest BCUT2D eigenvalue weighted by molar-refractivity contribution is 9.08. The smallest absolute Gasteiger partial charge is 0.305 e. The summed E-state index contributed by atoms with van der Waals surface area (Å²) in [6, 6.07) is 5.91. The van der Waals surface area contributed by atoms with E-state index < -0.39 is 0 Å². The third-order valence-electron chi connectivity index (χ3n) is 1.69. The standard InChI is InChI=1S/C8H6BrNOS/c9-4-5-2-1-3-6-7(5)10-8(11)12-6/h1-3H,4H2,(H,10,11). The summed E-state index contributed by atoms with van der Waals surface area (Å²) in [6.45, 7) is 0. The van der Waals surface area contributed by atoms with Crippen LogP contribution in [0.1, 0.15) is 5.56 Å². The molecule has 0 saturated carbocycles. The maximum atomic E-state index is 11.0. The molecular formula is C8H6BrNOS. The van der Waals surface area contributed by atoms with Crippen LogP contribution in [-0.4, -0.2) is 4.98 Å². The van der Waals surface area contributed by atoms with Crippen molar-refractivity contribution < 1.29 is 0 Å². The van der Waals surface area contributed by atoms with Crippen molar-refractivity contribution in [2.24, 2.45) is 0 Å². The van der Waals surface area contributed by atoms with Crippen LogP contribution in [0, 0.1) is 0 Å². The number of halogens is 1. The van der Waals surface area contributed by atoms with Crippen LogP contribution in [0.4, 0.5) is 0 Å². The molecule has 0 amide bonds. The molecule has 0 spiro atoms. The Kier molecular flexibility index (Phi) is 2.02. The van der Waals surface area contributed by atoms with E-state index in [1.165, 1.54) is 11.3 Å². The SMILES string of the molecule is O=c1[nH]c2c(CBr)cccc2s1. The largest absolute Gasteiger partial charge is 0.312 e. The van der Waals surface area contributed by atoms with Crippen molar-refractivity contribution in [2.45, 2.75) is 5.33 Å². The third kappa shape index (κ3) is 1.21. The zero-order chi connectivity index (χ0) is 8.55. The number of aromatic amines is 1. The molecule has 0 fully saturated rings. The van der Waals surface area contributed by atoms with Gasteiger partial charge in [-0.3, -0.25) is 4.79 Å². The molecule has 0 radical (unpaired) electrons. The van der Waals surface area contributed by atoms with E-state index in [-0.39, 0.29) is 4.87 Å². The Bertz CT molecular complexity index is 459. The fraction of sp³-hybridized carbons (Fsp3) is 0.125. The first-order chi connectivity index (χ1) is 5.81. The predicted molar refractivity (Wildman–Crippen MR) is 55.1 cm³/mol. The second-order valence-electron chi connectivity index (χ2n) is 2.44. The van der Waals surface area contributed by atoms with Gasteiger partial charge in [-0.1, -0.05) is 39.4 Å². The fourth-order valence-electron chi connectivity index (χ4n) is 1.14. The van der Waals surface area contributed by atoms with Crippen molar-refractivity contribution in [3.05, 3.63) is 33.4 Å². The average Bonchev–Trinajstić information content (AvgIpc) is 2.44. The lowest BCUT2D eigenvalue weighted by Gasteiger charge is -1.94. The van der Waals surface area contributed by atoms with Gasteiger partial charge in [0.1, 0.15) is 0 Å². The van der Waals surface area contributed by atoms with E-state index in [0.717, 1.165) is 21.1 Å². The predicted octanol–water partition coefficient (Wildman–Crippen LogP) is 2.48. The first-order valence-electron chi connectivity index (χ1n) is 3.48. The summed E-state index contributed by atoms with van der Waals surface area (Å²) in [7, 11) is 0. The van der Waals surface area contributed by atoms with Gasteiger partial charge >= 0.3 is 4.87 Å². The van der Waals surface area contributed by atoms with Crippen LogP contribution in [0.3, 0.4) is 0 Å². The number of fused-ring (bicyclic) bond motifs is 1. The number of rotatable bonds is 1. The Morgan fingerprint density at radius 3 is 3.08 bits per heavy atom. The number of para-hydroxylation sites is 1. The molecule has 2 rings (SSSR count). The normalized spacial score (nSPS) is 10.8. The second-order valence-corrected chi connectivity index (χ2v) is 4.01. The summed E-state index contributed by atoms with van der Waals surface area (Å²) in [6.07, 6.45) is 0. The molecule has 1 heterocycles. The molecule has 4 heteroatoms. The van der Waals surface area contributed by atoms with Gasteiger partial charge in [-0.25, -0.2) is 0 Å². The number of hydrogen-bond donors (Lipinski definition) is 1. The lowest BCUT2D eigenvalue weighted by molar-refractivity contribution is 1.36. The van der Waals surface area contributed by atoms with Crippen LogP contribution >= 0.6 is 27.3 Å². The number of hydrogen-bond acceptors (Lipinski definition) is 2. The molecule has 0 bridgehead atoms. The van der Waals surface area contributed by atoms with E-state index in [9.17, 15) is 4.79 Å². The molecule has 2 aromatic rings. The van der Waals surface area contributed by atoms with Crippen molar-refractivity contribution in [1.29, 1.82) is 0 Å². The number of benzene rings is 1. The van der Waals surface area contributed by atoms with Gasteiger partial charge in [0, 0.05) is 5.33 Å². The van der Waals surface area contributed by atoms with Crippen LogP contribution in [0.2, 0.25) is 0 Å². The zero-order valence-electron chi connectivity index (χ0n) is 6.13. The fourth-order valence-corrected chi connectivity index (χ4v) is 2.39. The highest BCUT2D eigenvalue weighted by atomic mass is 79.9. The highest BCUT2D eigenvalue weighted by Gasteiger charge is 2.02. The van der Waals surface area contributed by atoms with E-state index in [0.29, 0.717) is 0 Å². The Labute approximate surface area is 81.4 Å². The number of aromatic nitrogens is 1. The maximum Gasteiger partial charge on any atom is 0.305 e. The third-order valence-corrected chi connectivity index (χ3v) is 3.14. The van der Waals surface area contributed by atoms with Crippen molar-refractivity contribution >= 4 is 37.5 Å². The number of nitrogens with one attached hydrogen (secondary N) is 1. The monoisotopic (exact) mass is 243 g/mol. The number of thiazole rings is 1. The second kappa shape index (κ2) is 3.03. The minimum absolute atomic E-state index is 0.0124. The Hall–Kier alpha value is -0.610. The molecule has 1 aromatic heterocycles. The minimum atomic E-state index is 0.0124. The van der Waals surface area contributed by atoms with Crippen LogP contribution in [0.15, 0.2) is 23.0 Å². The molecule has 0 atom stereocenters. The van der Waals surface area contributed by atoms with Gasteiger partial charge in [-0.2, -0.15) is 0 Å². The van der Waals surface area contributed by atoms with Gasteiger partial charge in [-0.05, 0) is 11.6 Å². The Morgan fingerprint density at radius 2 is 2.33 bits per heavy atom. The molecule has 0 saturated heterocycles. The summed E-state index contributed by atoms with van der Waals surface area (Å²) in [5.74, 6) is 0. The Balaban J connectivity index is 2.87. The molecule has 0 unspecified atom stereocenters. The average molecular weight is 244 g/mol. The lowest BCUT2D eigenvalue weighted by Crippen LogP contribution is -1.91. The molecule has 1 N–H and O–H groups in total. The molecule has 12 heavy (non-hydrogen) atoms. The van der Waals surface area contributed by atoms with Crippen LogP contribution in [-0.2, 0) is 5.33 Å². The van der Waals surface area contributed by atoms with Crippen LogP contribution in [0.5, 0.6) is 0 Å². The summed E-state index contributed by atoms with van der Waals surface area (Å²) in [5.41, 5.74) is 2.09. The zero-order valence-corrected chi connectivity index (χ0v) is 8.54. The van der Waals surface area contributed by atoms with Gasteiger partial charge in [0.2, 0.25) is 0 Å². The summed E-state index contributed by atoms with van der Waals surface area (Å²) in [4.78, 5) is 13.8. The van der Waals surface area contributed by atoms with Crippen molar-refractivity contribution in [1.82, 2.24) is 4.98 Å². The highest BCUT2D eigenvalue weighted by Crippen LogP contribution is 2.19. The molecular weight excluding hydrogens is 238 g/mol. The quantitative estimate of drug-likeness (QED) is 0.768. The molecule has 0 aliphatic heterocycles. The molecule has 2 nitrogen and oxygen atoms in total.